The molecule has 1 N–H and O–H groups in total. The van der Waals surface area contributed by atoms with Gasteiger partial charge in [-0.15, -0.1) is 0 Å². The van der Waals surface area contributed by atoms with E-state index in [1.165, 1.54) is 38.5 Å². The van der Waals surface area contributed by atoms with Crippen molar-refractivity contribution in [2.45, 2.75) is 90.8 Å². The van der Waals surface area contributed by atoms with Crippen molar-refractivity contribution >= 4 is 5.97 Å². The highest BCUT2D eigenvalue weighted by Crippen LogP contribution is 2.45. The Kier molecular flexibility index (Phi) is 8.62. The smallest absolute Gasteiger partial charge is 0.303 e. The van der Waals surface area contributed by atoms with Gasteiger partial charge in [-0.25, -0.2) is 0 Å². The Morgan fingerprint density at radius 2 is 1.88 bits per heavy atom. The summed E-state index contributed by atoms with van der Waals surface area (Å²) in [5.74, 6) is 0.362. The predicted octanol–water partition coefficient (Wildman–Crippen LogP) is 5.21. The van der Waals surface area contributed by atoms with Crippen LogP contribution in [0.4, 0.5) is 0 Å². The Hall–Kier alpha value is -0.870. The molecule has 0 aromatic carbocycles. The van der Waals surface area contributed by atoms with Crippen LogP contribution in [0.5, 0.6) is 0 Å². The van der Waals surface area contributed by atoms with Gasteiger partial charge >= 0.3 is 5.97 Å². The molecular formula is C22H38O4. The lowest BCUT2D eigenvalue weighted by molar-refractivity contribution is -0.139. The summed E-state index contributed by atoms with van der Waals surface area (Å²) >= 11 is 0. The van der Waals surface area contributed by atoms with Crippen molar-refractivity contribution in [2.24, 2.45) is 17.3 Å². The van der Waals surface area contributed by atoms with Crippen LogP contribution in [-0.4, -0.2) is 36.5 Å². The molecule has 0 aliphatic carbocycles. The fourth-order valence-corrected chi connectivity index (χ4v) is 4.42. The monoisotopic (exact) mass is 366 g/mol. The SMILES string of the molecule is CCCCCCOC[C@@H]1[C@H](C/C=C\CC(C)(C)CC(=O)O)[C@@H]2CC[C@H]1O2. The van der Waals surface area contributed by atoms with Gasteiger partial charge in [0.05, 0.1) is 25.2 Å². The molecule has 0 saturated carbocycles. The summed E-state index contributed by atoms with van der Waals surface area (Å²) < 4.78 is 12.1. The summed E-state index contributed by atoms with van der Waals surface area (Å²) in [6.07, 6.45) is 14.6. The molecule has 0 radical (unpaired) electrons. The van der Waals surface area contributed by atoms with Crippen LogP contribution < -0.4 is 0 Å². The number of aliphatic carboxylic acids is 1. The van der Waals surface area contributed by atoms with Crippen LogP contribution in [0.25, 0.3) is 0 Å². The van der Waals surface area contributed by atoms with Crippen LogP contribution in [0, 0.1) is 17.3 Å². The third-order valence-corrected chi connectivity index (χ3v) is 5.92. The first-order valence-electron chi connectivity index (χ1n) is 10.5. The quantitative estimate of drug-likeness (QED) is 0.359. The highest BCUT2D eigenvalue weighted by molar-refractivity contribution is 5.67. The molecule has 0 aromatic rings. The predicted molar refractivity (Wildman–Crippen MR) is 104 cm³/mol. The zero-order valence-electron chi connectivity index (χ0n) is 16.9. The Balaban J connectivity index is 1.73. The number of rotatable bonds is 13. The van der Waals surface area contributed by atoms with Crippen LogP contribution >= 0.6 is 0 Å². The minimum atomic E-state index is -0.721. The van der Waals surface area contributed by atoms with Gasteiger partial charge in [-0.1, -0.05) is 52.2 Å². The van der Waals surface area contributed by atoms with E-state index in [0.717, 1.165) is 26.1 Å². The van der Waals surface area contributed by atoms with Crippen molar-refractivity contribution in [3.63, 3.8) is 0 Å². The summed E-state index contributed by atoms with van der Waals surface area (Å²) in [6, 6.07) is 0. The molecule has 26 heavy (non-hydrogen) atoms. The first kappa shape index (κ1) is 21.4. The molecule has 4 nitrogen and oxygen atoms in total. The number of allylic oxidation sites excluding steroid dienone is 2. The number of unbranched alkanes of at least 4 members (excludes halogenated alkanes) is 3. The Labute approximate surface area is 159 Å². The molecule has 0 unspecified atom stereocenters. The molecule has 2 aliphatic rings. The summed E-state index contributed by atoms with van der Waals surface area (Å²) in [5.41, 5.74) is -0.186. The molecule has 2 rings (SSSR count). The van der Waals surface area contributed by atoms with Gasteiger partial charge in [0.1, 0.15) is 0 Å². The second-order valence-electron chi connectivity index (χ2n) is 8.90. The number of carbonyl (C=O) groups is 1. The van der Waals surface area contributed by atoms with Crippen molar-refractivity contribution in [2.75, 3.05) is 13.2 Å². The van der Waals surface area contributed by atoms with Crippen molar-refractivity contribution in [1.29, 1.82) is 0 Å². The standard InChI is InChI=1S/C22H38O4/c1-4-5-6-9-14-25-16-18-17(19-11-12-20(18)26-19)10-7-8-13-22(2,3)15-21(23)24/h7-8,17-20H,4-6,9-16H2,1-3H3,(H,23,24)/b8-7-/t17-,18+,19-,20+/m0/s1. The number of carboxylic acids is 1. The Bertz CT molecular complexity index is 457. The molecule has 150 valence electrons. The first-order valence-corrected chi connectivity index (χ1v) is 10.5. The van der Waals surface area contributed by atoms with Gasteiger partial charge in [-0.2, -0.15) is 0 Å². The van der Waals surface area contributed by atoms with Crippen LogP contribution in [0.2, 0.25) is 0 Å². The van der Waals surface area contributed by atoms with E-state index in [-0.39, 0.29) is 11.8 Å². The van der Waals surface area contributed by atoms with Gasteiger partial charge in [-0.3, -0.25) is 4.79 Å². The van der Waals surface area contributed by atoms with Gasteiger partial charge in [0, 0.05) is 12.5 Å². The fourth-order valence-electron chi connectivity index (χ4n) is 4.42. The lowest BCUT2D eigenvalue weighted by Crippen LogP contribution is -2.30. The van der Waals surface area contributed by atoms with Gasteiger partial charge in [0.25, 0.3) is 0 Å². The zero-order chi connectivity index (χ0) is 19.0. The van der Waals surface area contributed by atoms with E-state index < -0.39 is 5.97 Å². The molecular weight excluding hydrogens is 328 g/mol. The lowest BCUT2D eigenvalue weighted by Gasteiger charge is -2.27. The van der Waals surface area contributed by atoms with E-state index in [2.05, 4.69) is 19.1 Å². The molecule has 4 heteroatoms. The Morgan fingerprint density at radius 3 is 2.58 bits per heavy atom. The van der Waals surface area contributed by atoms with E-state index in [9.17, 15) is 4.79 Å². The number of ether oxygens (including phenoxy) is 2. The second kappa shape index (κ2) is 10.5. The highest BCUT2D eigenvalue weighted by Gasteiger charge is 2.48. The van der Waals surface area contributed by atoms with Crippen molar-refractivity contribution in [1.82, 2.24) is 0 Å². The van der Waals surface area contributed by atoms with Crippen LogP contribution in [-0.2, 0) is 14.3 Å². The highest BCUT2D eigenvalue weighted by atomic mass is 16.5. The van der Waals surface area contributed by atoms with Crippen LogP contribution in [0.1, 0.15) is 78.6 Å². The van der Waals surface area contributed by atoms with E-state index in [1.807, 2.05) is 13.8 Å². The van der Waals surface area contributed by atoms with E-state index in [0.29, 0.717) is 24.0 Å². The van der Waals surface area contributed by atoms with Crippen LogP contribution in [0.3, 0.4) is 0 Å². The summed E-state index contributed by atoms with van der Waals surface area (Å²) in [5, 5.41) is 8.98. The third kappa shape index (κ3) is 6.70. The lowest BCUT2D eigenvalue weighted by atomic mass is 9.77. The average Bonchev–Trinajstić information content (AvgIpc) is 3.15. The normalized spacial score (nSPS) is 28.3. The first-order chi connectivity index (χ1) is 12.4. The van der Waals surface area contributed by atoms with E-state index in [4.69, 9.17) is 14.6 Å². The molecule has 2 heterocycles. The van der Waals surface area contributed by atoms with Gasteiger partial charge in [0.15, 0.2) is 0 Å². The maximum absolute atomic E-state index is 10.9. The minimum absolute atomic E-state index is 0.186. The van der Waals surface area contributed by atoms with E-state index >= 15 is 0 Å². The van der Waals surface area contributed by atoms with Gasteiger partial charge < -0.3 is 14.6 Å². The number of hydrogen-bond acceptors (Lipinski definition) is 3. The summed E-state index contributed by atoms with van der Waals surface area (Å²) in [7, 11) is 0. The molecule has 0 aromatic heterocycles. The summed E-state index contributed by atoms with van der Waals surface area (Å²) in [6.45, 7) is 7.97. The van der Waals surface area contributed by atoms with Crippen molar-refractivity contribution in [3.05, 3.63) is 12.2 Å². The molecule has 0 spiro atoms. The number of carboxylic acid groups (broad SMARTS) is 1. The molecule has 2 fully saturated rings. The zero-order valence-corrected chi connectivity index (χ0v) is 16.9. The summed E-state index contributed by atoms with van der Waals surface area (Å²) in [4.78, 5) is 10.9. The molecule has 0 amide bonds. The average molecular weight is 367 g/mol. The minimum Gasteiger partial charge on any atom is -0.481 e. The van der Waals surface area contributed by atoms with Crippen molar-refractivity contribution in [3.8, 4) is 0 Å². The number of hydrogen-bond donors (Lipinski definition) is 1. The van der Waals surface area contributed by atoms with Crippen LogP contribution in [0.15, 0.2) is 12.2 Å². The molecule has 2 aliphatic heterocycles. The fraction of sp³-hybridized carbons (Fsp3) is 0.864. The maximum atomic E-state index is 10.9. The van der Waals surface area contributed by atoms with Crippen molar-refractivity contribution < 1.29 is 19.4 Å². The number of fused-ring (bicyclic) bond motifs is 2. The van der Waals surface area contributed by atoms with E-state index in [1.54, 1.807) is 0 Å². The third-order valence-electron chi connectivity index (χ3n) is 5.92. The second-order valence-corrected chi connectivity index (χ2v) is 8.90. The Morgan fingerprint density at radius 1 is 1.15 bits per heavy atom. The molecule has 2 bridgehead atoms. The maximum Gasteiger partial charge on any atom is 0.303 e. The van der Waals surface area contributed by atoms with Gasteiger partial charge in [-0.05, 0) is 43.4 Å². The molecule has 2 saturated heterocycles. The molecule has 4 atom stereocenters. The van der Waals surface area contributed by atoms with Gasteiger partial charge in [0.2, 0.25) is 0 Å². The topological polar surface area (TPSA) is 55.8 Å². The largest absolute Gasteiger partial charge is 0.481 e.